The maximum Gasteiger partial charge on any atom is 0.262 e. The van der Waals surface area contributed by atoms with Crippen molar-refractivity contribution in [3.63, 3.8) is 0 Å². The van der Waals surface area contributed by atoms with Crippen molar-refractivity contribution >= 4 is 22.8 Å². The first-order valence-electron chi connectivity index (χ1n) is 6.80. The summed E-state index contributed by atoms with van der Waals surface area (Å²) < 4.78 is 1.70. The van der Waals surface area contributed by atoms with E-state index < -0.39 is 0 Å². The van der Waals surface area contributed by atoms with E-state index in [4.69, 9.17) is 5.73 Å². The van der Waals surface area contributed by atoms with Crippen molar-refractivity contribution in [1.82, 2.24) is 9.61 Å². The quantitative estimate of drug-likeness (QED) is 0.750. The third-order valence-electron chi connectivity index (χ3n) is 3.42. The van der Waals surface area contributed by atoms with E-state index in [9.17, 15) is 4.79 Å². The third kappa shape index (κ3) is 2.33. The zero-order valence-corrected chi connectivity index (χ0v) is 11.7. The molecule has 2 N–H and O–H groups in total. The summed E-state index contributed by atoms with van der Waals surface area (Å²) in [6.45, 7) is 2.52. The lowest BCUT2D eigenvalue weighted by Crippen LogP contribution is -2.30. The van der Waals surface area contributed by atoms with Crippen molar-refractivity contribution in [2.45, 2.75) is 6.92 Å². The smallest absolute Gasteiger partial charge is 0.262 e. The SMILES string of the molecule is CCN(C(=O)c1cnn2ccccc12)c1ccc(N)cc1. The van der Waals surface area contributed by atoms with E-state index in [2.05, 4.69) is 5.10 Å². The van der Waals surface area contributed by atoms with Gasteiger partial charge in [0.05, 0.1) is 17.3 Å². The lowest BCUT2D eigenvalue weighted by atomic mass is 10.2. The Balaban J connectivity index is 2.01. The number of carbonyl (C=O) groups is 1. The van der Waals surface area contributed by atoms with Gasteiger partial charge in [0.1, 0.15) is 0 Å². The van der Waals surface area contributed by atoms with Crippen molar-refractivity contribution < 1.29 is 4.79 Å². The molecule has 0 saturated heterocycles. The molecular formula is C16H16N4O. The van der Waals surface area contributed by atoms with E-state index >= 15 is 0 Å². The van der Waals surface area contributed by atoms with Crippen LogP contribution in [0.4, 0.5) is 11.4 Å². The summed E-state index contributed by atoms with van der Waals surface area (Å²) in [5.74, 6) is -0.0662. The summed E-state index contributed by atoms with van der Waals surface area (Å²) in [6, 6.07) is 12.9. The molecule has 0 spiro atoms. The van der Waals surface area contributed by atoms with E-state index in [0.717, 1.165) is 11.2 Å². The molecule has 5 heteroatoms. The van der Waals surface area contributed by atoms with E-state index in [1.165, 1.54) is 0 Å². The van der Waals surface area contributed by atoms with Gasteiger partial charge in [0, 0.05) is 24.1 Å². The van der Waals surface area contributed by atoms with E-state index in [1.807, 2.05) is 43.5 Å². The Morgan fingerprint density at radius 3 is 2.71 bits per heavy atom. The van der Waals surface area contributed by atoms with Crippen LogP contribution in [0.25, 0.3) is 5.52 Å². The zero-order valence-electron chi connectivity index (χ0n) is 11.7. The molecule has 0 aliphatic heterocycles. The monoisotopic (exact) mass is 280 g/mol. The number of amides is 1. The molecule has 0 atom stereocenters. The topological polar surface area (TPSA) is 63.6 Å². The number of fused-ring (bicyclic) bond motifs is 1. The highest BCUT2D eigenvalue weighted by molar-refractivity contribution is 6.10. The van der Waals surface area contributed by atoms with Gasteiger partial charge in [0.25, 0.3) is 5.91 Å². The molecule has 0 aliphatic rings. The van der Waals surface area contributed by atoms with Gasteiger partial charge in [-0.25, -0.2) is 4.52 Å². The lowest BCUT2D eigenvalue weighted by Gasteiger charge is -2.20. The first-order chi connectivity index (χ1) is 10.2. The second-order valence-corrected chi connectivity index (χ2v) is 4.73. The van der Waals surface area contributed by atoms with Crippen LogP contribution in [-0.4, -0.2) is 22.1 Å². The first kappa shape index (κ1) is 13.2. The highest BCUT2D eigenvalue weighted by Crippen LogP contribution is 2.20. The fourth-order valence-corrected chi connectivity index (χ4v) is 2.34. The van der Waals surface area contributed by atoms with Crippen molar-refractivity contribution in [3.8, 4) is 0 Å². The Kier molecular flexibility index (Phi) is 3.31. The highest BCUT2D eigenvalue weighted by Gasteiger charge is 2.19. The van der Waals surface area contributed by atoms with E-state index in [1.54, 1.807) is 27.7 Å². The van der Waals surface area contributed by atoms with Crippen LogP contribution in [0.5, 0.6) is 0 Å². The average Bonchev–Trinajstić information content (AvgIpc) is 2.94. The molecule has 0 unspecified atom stereocenters. The number of nitrogens with zero attached hydrogens (tertiary/aromatic N) is 3. The maximum atomic E-state index is 12.8. The summed E-state index contributed by atoms with van der Waals surface area (Å²) in [7, 11) is 0. The minimum Gasteiger partial charge on any atom is -0.399 e. The second-order valence-electron chi connectivity index (χ2n) is 4.73. The largest absolute Gasteiger partial charge is 0.399 e. The van der Waals surface area contributed by atoms with E-state index in [-0.39, 0.29) is 5.91 Å². The number of benzene rings is 1. The normalized spacial score (nSPS) is 10.7. The van der Waals surface area contributed by atoms with Crippen LogP contribution in [0.15, 0.2) is 54.9 Å². The number of hydrogen-bond donors (Lipinski definition) is 1. The molecule has 0 aliphatic carbocycles. The Morgan fingerprint density at radius 1 is 1.24 bits per heavy atom. The van der Waals surface area contributed by atoms with Gasteiger partial charge in [0.2, 0.25) is 0 Å². The van der Waals surface area contributed by atoms with Gasteiger partial charge in [-0.05, 0) is 43.3 Å². The molecule has 106 valence electrons. The van der Waals surface area contributed by atoms with Gasteiger partial charge in [-0.3, -0.25) is 4.79 Å². The van der Waals surface area contributed by atoms with Crippen molar-refractivity contribution in [2.75, 3.05) is 17.2 Å². The molecule has 0 bridgehead atoms. The molecule has 0 radical (unpaired) electrons. The fraction of sp³-hybridized carbons (Fsp3) is 0.125. The Morgan fingerprint density at radius 2 is 2.00 bits per heavy atom. The number of nitrogens with two attached hydrogens (primary N) is 1. The predicted molar refractivity (Wildman–Crippen MR) is 83.4 cm³/mol. The van der Waals surface area contributed by atoms with Gasteiger partial charge in [0.15, 0.2) is 0 Å². The van der Waals surface area contributed by atoms with Crippen molar-refractivity contribution in [1.29, 1.82) is 0 Å². The third-order valence-corrected chi connectivity index (χ3v) is 3.42. The lowest BCUT2D eigenvalue weighted by molar-refractivity contribution is 0.0990. The van der Waals surface area contributed by atoms with Crippen LogP contribution in [0, 0.1) is 0 Å². The van der Waals surface area contributed by atoms with Crippen LogP contribution in [0.2, 0.25) is 0 Å². The minimum atomic E-state index is -0.0662. The first-order valence-corrected chi connectivity index (χ1v) is 6.80. The summed E-state index contributed by atoms with van der Waals surface area (Å²) in [5, 5.41) is 4.21. The van der Waals surface area contributed by atoms with Crippen LogP contribution in [-0.2, 0) is 0 Å². The maximum absolute atomic E-state index is 12.8. The minimum absolute atomic E-state index is 0.0662. The van der Waals surface area contributed by atoms with Crippen LogP contribution < -0.4 is 10.6 Å². The molecule has 2 aromatic heterocycles. The summed E-state index contributed by atoms with van der Waals surface area (Å²) in [6.07, 6.45) is 3.43. The number of hydrogen-bond acceptors (Lipinski definition) is 3. The number of nitrogen functional groups attached to an aromatic ring is 1. The predicted octanol–water partition coefficient (Wildman–Crippen LogP) is 2.58. The van der Waals surface area contributed by atoms with Crippen LogP contribution in [0.3, 0.4) is 0 Å². The molecule has 0 fully saturated rings. The number of pyridine rings is 1. The molecule has 3 rings (SSSR count). The van der Waals surface area contributed by atoms with Crippen molar-refractivity contribution in [3.05, 3.63) is 60.4 Å². The molecule has 1 aromatic carbocycles. The standard InChI is InChI=1S/C16H16N4O/c1-2-19(13-8-6-12(17)7-9-13)16(21)14-11-18-20-10-4-3-5-15(14)20/h3-11H,2,17H2,1H3. The highest BCUT2D eigenvalue weighted by atomic mass is 16.2. The number of anilines is 2. The number of aromatic nitrogens is 2. The van der Waals surface area contributed by atoms with Gasteiger partial charge >= 0.3 is 0 Å². The van der Waals surface area contributed by atoms with Crippen molar-refractivity contribution in [2.24, 2.45) is 0 Å². The number of carbonyl (C=O) groups excluding carboxylic acids is 1. The molecular weight excluding hydrogens is 264 g/mol. The van der Waals surface area contributed by atoms with E-state index in [0.29, 0.717) is 17.8 Å². The Bertz CT molecular complexity index is 776. The summed E-state index contributed by atoms with van der Waals surface area (Å²) >= 11 is 0. The summed E-state index contributed by atoms with van der Waals surface area (Å²) in [4.78, 5) is 14.5. The van der Waals surface area contributed by atoms with Crippen LogP contribution in [0.1, 0.15) is 17.3 Å². The molecule has 21 heavy (non-hydrogen) atoms. The summed E-state index contributed by atoms with van der Waals surface area (Å²) in [5.41, 5.74) is 8.60. The molecule has 1 amide bonds. The number of rotatable bonds is 3. The van der Waals surface area contributed by atoms with Gasteiger partial charge in [-0.1, -0.05) is 6.07 Å². The van der Waals surface area contributed by atoms with Crippen LogP contribution >= 0.6 is 0 Å². The van der Waals surface area contributed by atoms with Gasteiger partial charge < -0.3 is 10.6 Å². The molecule has 3 aromatic rings. The molecule has 2 heterocycles. The van der Waals surface area contributed by atoms with Gasteiger partial charge in [-0.15, -0.1) is 0 Å². The second kappa shape index (κ2) is 5.28. The average molecular weight is 280 g/mol. The van der Waals surface area contributed by atoms with Gasteiger partial charge in [-0.2, -0.15) is 5.10 Å². The Labute approximate surface area is 122 Å². The molecule has 5 nitrogen and oxygen atoms in total. The fourth-order valence-electron chi connectivity index (χ4n) is 2.34. The Hall–Kier alpha value is -2.82. The zero-order chi connectivity index (χ0) is 14.8. The molecule has 0 saturated carbocycles.